The van der Waals surface area contributed by atoms with Crippen LogP contribution in [-0.4, -0.2) is 30.7 Å². The van der Waals surface area contributed by atoms with Crippen LogP contribution < -0.4 is 15.8 Å². The minimum atomic E-state index is -3.29. The topological polar surface area (TPSA) is 104 Å². The Morgan fingerprint density at radius 1 is 1.19 bits per heavy atom. The van der Waals surface area contributed by atoms with Gasteiger partial charge in [-0.25, -0.2) is 17.9 Å². The number of H-pyrrole nitrogens is 1. The first-order valence-corrected chi connectivity index (χ1v) is 10.5. The molecule has 0 bridgehead atoms. The van der Waals surface area contributed by atoms with Crippen molar-refractivity contribution in [3.05, 3.63) is 28.7 Å². The lowest BCUT2D eigenvalue weighted by molar-refractivity contribution is 0.322. The number of oxazole rings is 1. The van der Waals surface area contributed by atoms with E-state index in [9.17, 15) is 13.2 Å². The molecule has 0 atom stereocenters. The zero-order valence-electron chi connectivity index (χ0n) is 15.5. The highest BCUT2D eigenvalue weighted by molar-refractivity contribution is 7.90. The molecule has 1 aromatic heterocycles. The lowest BCUT2D eigenvalue weighted by Gasteiger charge is -2.31. The van der Waals surface area contributed by atoms with E-state index in [1.807, 2.05) is 18.2 Å². The minimum Gasteiger partial charge on any atom is -0.408 e. The second kappa shape index (κ2) is 7.08. The Hall–Kier alpha value is -1.80. The van der Waals surface area contributed by atoms with Crippen molar-refractivity contribution >= 4 is 26.8 Å². The van der Waals surface area contributed by atoms with Gasteiger partial charge in [0.05, 0.1) is 10.3 Å². The van der Waals surface area contributed by atoms with Crippen LogP contribution >= 0.6 is 0 Å². The maximum atomic E-state index is 12.3. The van der Waals surface area contributed by atoms with Crippen molar-refractivity contribution in [2.45, 2.75) is 57.2 Å². The monoisotopic (exact) mass is 381 g/mol. The molecule has 1 aromatic carbocycles. The van der Waals surface area contributed by atoms with E-state index in [0.29, 0.717) is 17.0 Å². The van der Waals surface area contributed by atoms with Crippen molar-refractivity contribution in [1.82, 2.24) is 9.71 Å². The molecule has 3 rings (SSSR count). The predicted octanol–water partition coefficient (Wildman–Crippen LogP) is 2.81. The fraction of sp³-hybridized carbons (Fsp3) is 0.611. The van der Waals surface area contributed by atoms with E-state index in [4.69, 9.17) is 4.42 Å². The Balaban J connectivity index is 1.50. The lowest BCUT2D eigenvalue weighted by atomic mass is 9.86. The first-order valence-electron chi connectivity index (χ1n) is 9.03. The molecule has 1 aliphatic carbocycles. The number of hydrogen-bond acceptors (Lipinski definition) is 5. The van der Waals surface area contributed by atoms with E-state index in [-0.39, 0.29) is 6.04 Å². The summed E-state index contributed by atoms with van der Waals surface area (Å²) in [5.41, 5.74) is 2.14. The van der Waals surface area contributed by atoms with Crippen LogP contribution in [0.25, 0.3) is 11.1 Å². The zero-order valence-corrected chi connectivity index (χ0v) is 16.3. The first-order chi connectivity index (χ1) is 12.1. The molecule has 0 spiro atoms. The number of aromatic nitrogens is 1. The van der Waals surface area contributed by atoms with Crippen LogP contribution in [0.1, 0.15) is 46.5 Å². The fourth-order valence-electron chi connectivity index (χ4n) is 3.20. The van der Waals surface area contributed by atoms with Crippen LogP contribution in [-0.2, 0) is 10.0 Å². The summed E-state index contributed by atoms with van der Waals surface area (Å²) in [6.07, 6.45) is 3.67. The molecule has 0 radical (unpaired) electrons. The van der Waals surface area contributed by atoms with Crippen LogP contribution in [0, 0.1) is 5.92 Å². The van der Waals surface area contributed by atoms with Crippen LogP contribution in [0.5, 0.6) is 0 Å². The molecule has 8 heteroatoms. The Bertz CT molecular complexity index is 916. The predicted molar refractivity (Wildman–Crippen MR) is 103 cm³/mol. The van der Waals surface area contributed by atoms with Crippen molar-refractivity contribution in [3.8, 4) is 0 Å². The summed E-state index contributed by atoms with van der Waals surface area (Å²) in [5, 5.41) is 3.39. The highest BCUT2D eigenvalue weighted by atomic mass is 32.2. The van der Waals surface area contributed by atoms with Crippen LogP contribution in [0.15, 0.2) is 27.4 Å². The number of benzene rings is 1. The highest BCUT2D eigenvalue weighted by Crippen LogP contribution is 2.27. The molecule has 0 unspecified atom stereocenters. The SMILES string of the molecule is CC(C)(C)S(=O)(=O)NC1CCC(CNc2ccc3[nH]c(=O)oc3c2)CC1. The molecule has 0 saturated heterocycles. The molecule has 26 heavy (non-hydrogen) atoms. The van der Waals surface area contributed by atoms with E-state index in [2.05, 4.69) is 15.0 Å². The Morgan fingerprint density at radius 3 is 2.54 bits per heavy atom. The summed E-state index contributed by atoms with van der Waals surface area (Å²) in [6.45, 7) is 5.97. The molecule has 3 N–H and O–H groups in total. The van der Waals surface area contributed by atoms with E-state index in [0.717, 1.165) is 37.9 Å². The third-order valence-electron chi connectivity index (χ3n) is 4.99. The second-order valence-electron chi connectivity index (χ2n) is 8.06. The molecule has 2 aromatic rings. The minimum absolute atomic E-state index is 0.0287. The lowest BCUT2D eigenvalue weighted by Crippen LogP contribution is -2.46. The van der Waals surface area contributed by atoms with Gasteiger partial charge in [0, 0.05) is 24.3 Å². The molecule has 1 aliphatic rings. The quantitative estimate of drug-likeness (QED) is 0.739. The number of fused-ring (bicyclic) bond motifs is 1. The van der Waals surface area contributed by atoms with E-state index in [1.54, 1.807) is 20.8 Å². The maximum Gasteiger partial charge on any atom is 0.417 e. The van der Waals surface area contributed by atoms with Gasteiger partial charge in [-0.2, -0.15) is 0 Å². The molecule has 1 heterocycles. The van der Waals surface area contributed by atoms with Gasteiger partial charge in [-0.05, 0) is 64.5 Å². The summed E-state index contributed by atoms with van der Waals surface area (Å²) in [6, 6.07) is 5.58. The summed E-state index contributed by atoms with van der Waals surface area (Å²) in [7, 11) is -3.29. The maximum absolute atomic E-state index is 12.3. The van der Waals surface area contributed by atoms with Gasteiger partial charge >= 0.3 is 5.76 Å². The van der Waals surface area contributed by atoms with Crippen molar-refractivity contribution in [2.24, 2.45) is 5.92 Å². The van der Waals surface area contributed by atoms with Gasteiger partial charge in [0.2, 0.25) is 10.0 Å². The van der Waals surface area contributed by atoms with Gasteiger partial charge in [-0.3, -0.25) is 4.98 Å². The highest BCUT2D eigenvalue weighted by Gasteiger charge is 2.32. The molecule has 0 amide bonds. The average Bonchev–Trinajstić information content (AvgIpc) is 2.92. The first kappa shape index (κ1) is 19.0. The van der Waals surface area contributed by atoms with Crippen molar-refractivity contribution in [2.75, 3.05) is 11.9 Å². The number of sulfonamides is 1. The summed E-state index contributed by atoms with van der Waals surface area (Å²) in [5.74, 6) is 0.0486. The average molecular weight is 381 g/mol. The second-order valence-corrected chi connectivity index (χ2v) is 10.5. The van der Waals surface area contributed by atoms with E-state index < -0.39 is 20.5 Å². The third-order valence-corrected chi connectivity index (χ3v) is 7.25. The van der Waals surface area contributed by atoms with Crippen LogP contribution in [0.3, 0.4) is 0 Å². The number of nitrogens with one attached hydrogen (secondary N) is 3. The standard InChI is InChI=1S/C18H27N3O4S/c1-18(2,3)26(23,24)21-13-6-4-12(5-7-13)11-19-14-8-9-15-16(10-14)25-17(22)20-15/h8-10,12-13,19,21H,4-7,11H2,1-3H3,(H,20,22). The molecule has 1 saturated carbocycles. The van der Waals surface area contributed by atoms with E-state index in [1.165, 1.54) is 0 Å². The Morgan fingerprint density at radius 2 is 1.88 bits per heavy atom. The molecular weight excluding hydrogens is 354 g/mol. The number of hydrogen-bond donors (Lipinski definition) is 3. The van der Waals surface area contributed by atoms with Gasteiger partial charge in [0.25, 0.3) is 0 Å². The number of anilines is 1. The third kappa shape index (κ3) is 4.29. The van der Waals surface area contributed by atoms with Crippen molar-refractivity contribution < 1.29 is 12.8 Å². The molecule has 144 valence electrons. The summed E-state index contributed by atoms with van der Waals surface area (Å²) in [4.78, 5) is 13.8. The number of rotatable bonds is 5. The summed E-state index contributed by atoms with van der Waals surface area (Å²) < 4.78 is 31.7. The van der Waals surface area contributed by atoms with Crippen LogP contribution in [0.4, 0.5) is 5.69 Å². The normalized spacial score (nSPS) is 21.8. The van der Waals surface area contributed by atoms with Crippen molar-refractivity contribution in [3.63, 3.8) is 0 Å². The zero-order chi connectivity index (χ0) is 18.9. The summed E-state index contributed by atoms with van der Waals surface area (Å²) >= 11 is 0. The molecule has 7 nitrogen and oxygen atoms in total. The van der Waals surface area contributed by atoms with Crippen LogP contribution in [0.2, 0.25) is 0 Å². The smallest absolute Gasteiger partial charge is 0.408 e. The molecule has 1 fully saturated rings. The van der Waals surface area contributed by atoms with Gasteiger partial charge in [0.15, 0.2) is 5.58 Å². The van der Waals surface area contributed by atoms with Gasteiger partial charge in [0.1, 0.15) is 0 Å². The van der Waals surface area contributed by atoms with Gasteiger partial charge in [-0.15, -0.1) is 0 Å². The van der Waals surface area contributed by atoms with E-state index >= 15 is 0 Å². The fourth-order valence-corrected chi connectivity index (χ4v) is 4.23. The van der Waals surface area contributed by atoms with Gasteiger partial charge in [-0.1, -0.05) is 0 Å². The Labute approximate surface area is 153 Å². The Kier molecular flexibility index (Phi) is 5.16. The van der Waals surface area contributed by atoms with Gasteiger partial charge < -0.3 is 9.73 Å². The molecule has 0 aliphatic heterocycles. The number of aromatic amines is 1. The molecular formula is C18H27N3O4S. The van der Waals surface area contributed by atoms with Crippen molar-refractivity contribution in [1.29, 1.82) is 0 Å². The largest absolute Gasteiger partial charge is 0.417 e.